The highest BCUT2D eigenvalue weighted by molar-refractivity contribution is 14.1. The van der Waals surface area contributed by atoms with Crippen LogP contribution in [0.25, 0.3) is 5.95 Å². The first kappa shape index (κ1) is 13.3. The predicted octanol–water partition coefficient (Wildman–Crippen LogP) is 3.11. The minimum absolute atomic E-state index is 0.0596. The minimum atomic E-state index is 0.0596. The fourth-order valence-corrected chi connectivity index (χ4v) is 2.16. The Morgan fingerprint density at radius 1 is 1.20 bits per heavy atom. The molecule has 0 fully saturated rings. The molecular formula is C12H7ClIN5O. The van der Waals surface area contributed by atoms with Crippen molar-refractivity contribution in [3.05, 3.63) is 51.8 Å². The molecule has 0 amide bonds. The number of rotatable bonds is 3. The van der Waals surface area contributed by atoms with Crippen molar-refractivity contribution in [2.24, 2.45) is 0 Å². The lowest BCUT2D eigenvalue weighted by atomic mass is 10.3. The zero-order chi connectivity index (χ0) is 13.9. The van der Waals surface area contributed by atoms with Crippen LogP contribution in [-0.2, 0) is 0 Å². The van der Waals surface area contributed by atoms with Crippen LogP contribution >= 0.6 is 34.2 Å². The maximum atomic E-state index is 5.89. The summed E-state index contributed by atoms with van der Waals surface area (Å²) in [5.41, 5.74) is 0. The fraction of sp³-hybridized carbons (Fsp3) is 0. The number of benzene rings is 1. The number of hydrogen-bond acceptors (Lipinski definition) is 5. The molecule has 0 aliphatic carbocycles. The highest BCUT2D eigenvalue weighted by Gasteiger charge is 2.08. The highest BCUT2D eigenvalue weighted by Crippen LogP contribution is 2.21. The summed E-state index contributed by atoms with van der Waals surface area (Å²) in [4.78, 5) is 16.1. The van der Waals surface area contributed by atoms with E-state index >= 15 is 0 Å². The van der Waals surface area contributed by atoms with Crippen molar-refractivity contribution in [1.82, 2.24) is 24.5 Å². The predicted molar refractivity (Wildman–Crippen MR) is 81.2 cm³/mol. The number of hydrogen-bond donors (Lipinski definition) is 0. The van der Waals surface area contributed by atoms with Gasteiger partial charge in [0.05, 0.1) is 0 Å². The van der Waals surface area contributed by atoms with Gasteiger partial charge in [0.25, 0.3) is 0 Å². The third-order valence-electron chi connectivity index (χ3n) is 2.32. The SMILES string of the molecule is Clc1nc(Oc2cccc(I)c2)nc(-n2ccnc2)n1. The van der Waals surface area contributed by atoms with Gasteiger partial charge in [-0.25, -0.2) is 4.98 Å². The number of halogens is 2. The second-order valence-electron chi connectivity index (χ2n) is 3.72. The van der Waals surface area contributed by atoms with E-state index in [4.69, 9.17) is 16.3 Å². The van der Waals surface area contributed by atoms with Gasteiger partial charge in [-0.05, 0) is 52.4 Å². The third kappa shape index (κ3) is 3.05. The van der Waals surface area contributed by atoms with Gasteiger partial charge >= 0.3 is 6.01 Å². The molecule has 0 unspecified atom stereocenters. The van der Waals surface area contributed by atoms with Crippen LogP contribution in [0.5, 0.6) is 11.8 Å². The van der Waals surface area contributed by atoms with Crippen molar-refractivity contribution in [3.63, 3.8) is 0 Å². The Labute approximate surface area is 133 Å². The molecule has 20 heavy (non-hydrogen) atoms. The monoisotopic (exact) mass is 399 g/mol. The smallest absolute Gasteiger partial charge is 0.328 e. The molecule has 0 radical (unpaired) electrons. The molecule has 2 aromatic heterocycles. The fourth-order valence-electron chi connectivity index (χ4n) is 1.50. The molecule has 3 aromatic rings. The van der Waals surface area contributed by atoms with E-state index in [0.717, 1.165) is 3.57 Å². The summed E-state index contributed by atoms with van der Waals surface area (Å²) < 4.78 is 8.26. The summed E-state index contributed by atoms with van der Waals surface area (Å²) in [5, 5.41) is 0.0596. The molecule has 0 N–H and O–H groups in total. The summed E-state index contributed by atoms with van der Waals surface area (Å²) in [6.45, 7) is 0. The minimum Gasteiger partial charge on any atom is -0.424 e. The molecule has 0 aliphatic rings. The second kappa shape index (κ2) is 5.71. The first-order valence-corrected chi connectivity index (χ1v) is 7.00. The Balaban J connectivity index is 1.94. The van der Waals surface area contributed by atoms with E-state index in [-0.39, 0.29) is 11.3 Å². The average Bonchev–Trinajstić information content (AvgIpc) is 2.91. The maximum Gasteiger partial charge on any atom is 0.328 e. The number of aromatic nitrogens is 5. The lowest BCUT2D eigenvalue weighted by Gasteiger charge is -2.06. The van der Waals surface area contributed by atoms with Crippen LogP contribution in [0, 0.1) is 3.57 Å². The first-order valence-electron chi connectivity index (χ1n) is 5.54. The Bertz CT molecular complexity index is 734. The van der Waals surface area contributed by atoms with Gasteiger partial charge in [-0.15, -0.1) is 0 Å². The molecule has 0 saturated heterocycles. The van der Waals surface area contributed by atoms with E-state index in [0.29, 0.717) is 11.7 Å². The third-order valence-corrected chi connectivity index (χ3v) is 3.16. The summed E-state index contributed by atoms with van der Waals surface area (Å²) in [6, 6.07) is 7.67. The van der Waals surface area contributed by atoms with Crippen molar-refractivity contribution in [2.45, 2.75) is 0 Å². The van der Waals surface area contributed by atoms with E-state index in [1.165, 1.54) is 0 Å². The largest absolute Gasteiger partial charge is 0.424 e. The zero-order valence-electron chi connectivity index (χ0n) is 9.94. The van der Waals surface area contributed by atoms with Gasteiger partial charge in [0, 0.05) is 16.0 Å². The molecule has 2 heterocycles. The van der Waals surface area contributed by atoms with E-state index in [1.54, 1.807) is 23.3 Å². The molecule has 0 saturated carbocycles. The van der Waals surface area contributed by atoms with Crippen molar-refractivity contribution < 1.29 is 4.74 Å². The Morgan fingerprint density at radius 3 is 2.85 bits per heavy atom. The van der Waals surface area contributed by atoms with E-state index in [2.05, 4.69) is 42.5 Å². The summed E-state index contributed by atoms with van der Waals surface area (Å²) in [7, 11) is 0. The molecule has 0 spiro atoms. The van der Waals surface area contributed by atoms with Crippen LogP contribution in [0.3, 0.4) is 0 Å². The Kier molecular flexibility index (Phi) is 3.79. The molecule has 0 atom stereocenters. The van der Waals surface area contributed by atoms with Gasteiger partial charge in [0.2, 0.25) is 11.2 Å². The number of ether oxygens (including phenoxy) is 1. The van der Waals surface area contributed by atoms with Crippen LogP contribution in [0.4, 0.5) is 0 Å². The van der Waals surface area contributed by atoms with Crippen molar-refractivity contribution in [1.29, 1.82) is 0 Å². The molecule has 8 heteroatoms. The molecule has 6 nitrogen and oxygen atoms in total. The number of nitrogens with zero attached hydrogens (tertiary/aromatic N) is 5. The topological polar surface area (TPSA) is 65.7 Å². The molecule has 1 aromatic carbocycles. The molecular weight excluding hydrogens is 393 g/mol. The lowest BCUT2D eigenvalue weighted by molar-refractivity contribution is 0.438. The quantitative estimate of drug-likeness (QED) is 0.633. The van der Waals surface area contributed by atoms with Crippen LogP contribution in [0.15, 0.2) is 43.0 Å². The molecule has 0 bridgehead atoms. The molecule has 100 valence electrons. The van der Waals surface area contributed by atoms with Crippen LogP contribution in [-0.4, -0.2) is 24.5 Å². The van der Waals surface area contributed by atoms with Gasteiger partial charge in [-0.3, -0.25) is 4.57 Å². The summed E-state index contributed by atoms with van der Waals surface area (Å²) in [5.74, 6) is 0.985. The van der Waals surface area contributed by atoms with Gasteiger partial charge in [-0.1, -0.05) is 6.07 Å². The van der Waals surface area contributed by atoms with Crippen LogP contribution < -0.4 is 4.74 Å². The van der Waals surface area contributed by atoms with E-state index < -0.39 is 0 Å². The van der Waals surface area contributed by atoms with Gasteiger partial charge < -0.3 is 4.74 Å². The Morgan fingerprint density at radius 2 is 2.10 bits per heavy atom. The van der Waals surface area contributed by atoms with Crippen molar-refractivity contribution >= 4 is 34.2 Å². The van der Waals surface area contributed by atoms with E-state index in [9.17, 15) is 0 Å². The van der Waals surface area contributed by atoms with Crippen LogP contribution in [0.2, 0.25) is 5.28 Å². The Hall–Kier alpha value is -1.74. The molecule has 3 rings (SSSR count). The highest BCUT2D eigenvalue weighted by atomic mass is 127. The van der Waals surface area contributed by atoms with Gasteiger partial charge in [0.15, 0.2) is 0 Å². The van der Waals surface area contributed by atoms with Crippen molar-refractivity contribution in [2.75, 3.05) is 0 Å². The molecule has 0 aliphatic heterocycles. The average molecular weight is 400 g/mol. The van der Waals surface area contributed by atoms with Gasteiger partial charge in [-0.2, -0.15) is 15.0 Å². The zero-order valence-corrected chi connectivity index (χ0v) is 12.9. The van der Waals surface area contributed by atoms with E-state index in [1.807, 2.05) is 24.3 Å². The van der Waals surface area contributed by atoms with Gasteiger partial charge in [0.1, 0.15) is 12.1 Å². The second-order valence-corrected chi connectivity index (χ2v) is 5.30. The number of imidazole rings is 1. The standard InChI is InChI=1S/C12H7ClIN5O/c13-10-16-11(19-5-4-15-7-19)18-12(17-10)20-9-3-1-2-8(14)6-9/h1-7H. The summed E-state index contributed by atoms with van der Waals surface area (Å²) in [6.07, 6.45) is 4.90. The van der Waals surface area contributed by atoms with Crippen LogP contribution in [0.1, 0.15) is 0 Å². The lowest BCUT2D eigenvalue weighted by Crippen LogP contribution is -2.03. The normalized spacial score (nSPS) is 10.5. The maximum absolute atomic E-state index is 5.89. The first-order chi connectivity index (χ1) is 9.70. The van der Waals surface area contributed by atoms with Crippen molar-refractivity contribution in [3.8, 4) is 17.7 Å². The summed E-state index contributed by atoms with van der Waals surface area (Å²) >= 11 is 8.09.